The van der Waals surface area contributed by atoms with Crippen LogP contribution < -0.4 is 5.32 Å². The number of carbonyl (C=O) groups excluding carboxylic acids is 1. The molecule has 0 aliphatic heterocycles. The second-order valence-corrected chi connectivity index (χ2v) is 5.03. The molecular weight excluding hydrogens is 267 g/mol. The molecule has 0 heterocycles. The van der Waals surface area contributed by atoms with Gasteiger partial charge in [0.15, 0.2) is 0 Å². The van der Waals surface area contributed by atoms with E-state index in [1.807, 2.05) is 42.3 Å². The van der Waals surface area contributed by atoms with Gasteiger partial charge in [-0.2, -0.15) is 0 Å². The summed E-state index contributed by atoms with van der Waals surface area (Å²) in [7, 11) is 1.90. The minimum Gasteiger partial charge on any atom is -0.325 e. The summed E-state index contributed by atoms with van der Waals surface area (Å²) in [5.74, 6) is -0.267. The van der Waals surface area contributed by atoms with Crippen LogP contribution in [0, 0.1) is 5.82 Å². The van der Waals surface area contributed by atoms with Gasteiger partial charge in [-0.05, 0) is 43.3 Å². The summed E-state index contributed by atoms with van der Waals surface area (Å²) in [6.45, 7) is 1.07. The average Bonchev–Trinajstić information content (AvgIpc) is 2.47. The first-order valence-corrected chi connectivity index (χ1v) is 6.91. The third-order valence-electron chi connectivity index (χ3n) is 3.17. The van der Waals surface area contributed by atoms with Gasteiger partial charge in [-0.25, -0.2) is 4.39 Å². The fourth-order valence-electron chi connectivity index (χ4n) is 2.02. The number of nitrogens with zero attached hydrogens (tertiary/aromatic N) is 1. The Bertz CT molecular complexity index is 569. The molecule has 1 amide bonds. The van der Waals surface area contributed by atoms with Crippen LogP contribution in [-0.4, -0.2) is 30.9 Å². The van der Waals surface area contributed by atoms with Crippen molar-refractivity contribution in [3.63, 3.8) is 0 Å². The van der Waals surface area contributed by atoms with Crippen molar-refractivity contribution < 1.29 is 9.18 Å². The molecule has 0 aliphatic carbocycles. The first-order valence-electron chi connectivity index (χ1n) is 6.91. The highest BCUT2D eigenvalue weighted by molar-refractivity contribution is 5.92. The third kappa shape index (κ3) is 5.36. The van der Waals surface area contributed by atoms with Gasteiger partial charge in [0, 0.05) is 12.2 Å². The Balaban J connectivity index is 1.75. The monoisotopic (exact) mass is 286 g/mol. The van der Waals surface area contributed by atoms with E-state index < -0.39 is 0 Å². The number of rotatable bonds is 6. The number of nitrogens with one attached hydrogen (secondary N) is 1. The summed E-state index contributed by atoms with van der Waals surface area (Å²) < 4.78 is 12.8. The number of anilines is 1. The van der Waals surface area contributed by atoms with Gasteiger partial charge in [0.05, 0.1) is 6.54 Å². The number of para-hydroxylation sites is 1. The van der Waals surface area contributed by atoms with Crippen molar-refractivity contribution in [2.75, 3.05) is 25.5 Å². The van der Waals surface area contributed by atoms with E-state index in [4.69, 9.17) is 0 Å². The first kappa shape index (κ1) is 15.2. The standard InChI is InChI=1S/C17H19FN2O/c1-20(12-11-14-7-9-15(18)10-8-14)13-17(21)19-16-5-3-2-4-6-16/h2-10H,11-13H2,1H3,(H,19,21). The molecule has 0 bridgehead atoms. The molecule has 0 unspecified atom stereocenters. The zero-order valence-electron chi connectivity index (χ0n) is 12.1. The Morgan fingerprint density at radius 1 is 1.10 bits per heavy atom. The van der Waals surface area contributed by atoms with Gasteiger partial charge < -0.3 is 5.32 Å². The third-order valence-corrected chi connectivity index (χ3v) is 3.17. The van der Waals surface area contributed by atoms with Crippen molar-refractivity contribution in [2.24, 2.45) is 0 Å². The molecule has 21 heavy (non-hydrogen) atoms. The molecule has 0 fully saturated rings. The van der Waals surface area contributed by atoms with Gasteiger partial charge in [-0.3, -0.25) is 9.69 Å². The summed E-state index contributed by atoms with van der Waals surface area (Å²) in [6, 6.07) is 15.8. The van der Waals surface area contributed by atoms with Crippen LogP contribution in [0.3, 0.4) is 0 Å². The van der Waals surface area contributed by atoms with E-state index in [1.54, 1.807) is 12.1 Å². The maximum Gasteiger partial charge on any atom is 0.238 e. The smallest absolute Gasteiger partial charge is 0.238 e. The minimum absolute atomic E-state index is 0.0391. The second kappa shape index (κ2) is 7.55. The first-order chi connectivity index (χ1) is 10.1. The van der Waals surface area contributed by atoms with E-state index >= 15 is 0 Å². The lowest BCUT2D eigenvalue weighted by Crippen LogP contribution is -2.31. The molecule has 0 aromatic heterocycles. The molecule has 0 radical (unpaired) electrons. The lowest BCUT2D eigenvalue weighted by Gasteiger charge is -2.16. The fourth-order valence-corrected chi connectivity index (χ4v) is 2.02. The summed E-state index contributed by atoms with van der Waals surface area (Å²) in [5, 5.41) is 2.85. The lowest BCUT2D eigenvalue weighted by molar-refractivity contribution is -0.117. The molecule has 2 aromatic rings. The molecule has 2 rings (SSSR count). The molecule has 0 spiro atoms. The van der Waals surface area contributed by atoms with E-state index in [9.17, 15) is 9.18 Å². The molecule has 4 heteroatoms. The van der Waals surface area contributed by atoms with Crippen molar-refractivity contribution in [1.29, 1.82) is 0 Å². The predicted molar refractivity (Wildman–Crippen MR) is 82.7 cm³/mol. The van der Waals surface area contributed by atoms with Gasteiger partial charge in [0.1, 0.15) is 5.82 Å². The van der Waals surface area contributed by atoms with Crippen LogP contribution in [0.1, 0.15) is 5.56 Å². The molecule has 0 aliphatic rings. The highest BCUT2D eigenvalue weighted by atomic mass is 19.1. The number of amides is 1. The second-order valence-electron chi connectivity index (χ2n) is 5.03. The topological polar surface area (TPSA) is 32.3 Å². The van der Waals surface area contributed by atoms with E-state index in [-0.39, 0.29) is 11.7 Å². The van der Waals surface area contributed by atoms with Crippen molar-refractivity contribution in [2.45, 2.75) is 6.42 Å². The normalized spacial score (nSPS) is 10.6. The highest BCUT2D eigenvalue weighted by Crippen LogP contribution is 2.06. The summed E-state index contributed by atoms with van der Waals surface area (Å²) in [4.78, 5) is 13.8. The minimum atomic E-state index is -0.227. The van der Waals surface area contributed by atoms with Crippen molar-refractivity contribution in [1.82, 2.24) is 4.90 Å². The number of hydrogen-bond acceptors (Lipinski definition) is 2. The van der Waals surface area contributed by atoms with Crippen LogP contribution in [0.5, 0.6) is 0 Å². The van der Waals surface area contributed by atoms with Crippen molar-refractivity contribution >= 4 is 11.6 Å². The summed E-state index contributed by atoms with van der Waals surface area (Å²) in [6.07, 6.45) is 0.787. The van der Waals surface area contributed by atoms with Crippen LogP contribution >= 0.6 is 0 Å². The molecule has 2 aromatic carbocycles. The zero-order valence-corrected chi connectivity index (χ0v) is 12.1. The van der Waals surface area contributed by atoms with Crippen molar-refractivity contribution in [3.05, 3.63) is 66.0 Å². The molecular formula is C17H19FN2O. The summed E-state index contributed by atoms with van der Waals surface area (Å²) in [5.41, 5.74) is 1.86. The maximum atomic E-state index is 12.8. The lowest BCUT2D eigenvalue weighted by atomic mass is 10.1. The predicted octanol–water partition coefficient (Wildman–Crippen LogP) is 2.94. The van der Waals surface area contributed by atoms with Crippen LogP contribution in [0.2, 0.25) is 0 Å². The molecule has 0 saturated heterocycles. The van der Waals surface area contributed by atoms with Gasteiger partial charge in [0.2, 0.25) is 5.91 Å². The van der Waals surface area contributed by atoms with Gasteiger partial charge in [-0.1, -0.05) is 30.3 Å². The van der Waals surface area contributed by atoms with Gasteiger partial charge in [0.25, 0.3) is 0 Å². The van der Waals surface area contributed by atoms with Gasteiger partial charge >= 0.3 is 0 Å². The Hall–Kier alpha value is -2.20. The number of halogens is 1. The quantitative estimate of drug-likeness (QED) is 0.885. The maximum absolute atomic E-state index is 12.8. The molecule has 0 atom stereocenters. The summed E-state index contributed by atoms with van der Waals surface area (Å²) >= 11 is 0. The Labute approximate surface area is 124 Å². The van der Waals surface area contributed by atoms with Crippen LogP contribution in [-0.2, 0) is 11.2 Å². The van der Waals surface area contributed by atoms with Crippen LogP contribution in [0.4, 0.5) is 10.1 Å². The van der Waals surface area contributed by atoms with Crippen molar-refractivity contribution in [3.8, 4) is 0 Å². The number of likely N-dealkylation sites (N-methyl/N-ethyl adjacent to an activating group) is 1. The number of benzene rings is 2. The SMILES string of the molecule is CN(CCc1ccc(F)cc1)CC(=O)Nc1ccccc1. The Morgan fingerprint density at radius 2 is 1.76 bits per heavy atom. The highest BCUT2D eigenvalue weighted by Gasteiger charge is 2.07. The molecule has 1 N–H and O–H groups in total. The largest absolute Gasteiger partial charge is 0.325 e. The van der Waals surface area contributed by atoms with E-state index in [0.29, 0.717) is 6.54 Å². The average molecular weight is 286 g/mol. The Kier molecular flexibility index (Phi) is 5.46. The number of hydrogen-bond donors (Lipinski definition) is 1. The number of carbonyl (C=O) groups is 1. The van der Waals surface area contributed by atoms with Crippen LogP contribution in [0.25, 0.3) is 0 Å². The zero-order chi connectivity index (χ0) is 15.1. The van der Waals surface area contributed by atoms with Crippen LogP contribution in [0.15, 0.2) is 54.6 Å². The van der Waals surface area contributed by atoms with Gasteiger partial charge in [-0.15, -0.1) is 0 Å². The van der Waals surface area contributed by atoms with E-state index in [2.05, 4.69) is 5.32 Å². The molecule has 0 saturated carbocycles. The molecule has 3 nitrogen and oxygen atoms in total. The molecule has 110 valence electrons. The van der Waals surface area contributed by atoms with E-state index in [0.717, 1.165) is 24.2 Å². The fraction of sp³-hybridized carbons (Fsp3) is 0.235. The Morgan fingerprint density at radius 3 is 2.43 bits per heavy atom. The van der Waals surface area contributed by atoms with E-state index in [1.165, 1.54) is 12.1 Å².